The Labute approximate surface area is 171 Å². The molecular formula is C22H26N4O3. The Morgan fingerprint density at radius 3 is 2.79 bits per heavy atom. The Morgan fingerprint density at radius 2 is 2.10 bits per heavy atom. The van der Waals surface area contributed by atoms with Crippen LogP contribution in [-0.2, 0) is 11.3 Å². The van der Waals surface area contributed by atoms with Gasteiger partial charge in [-0.25, -0.2) is 4.99 Å². The molecule has 0 radical (unpaired) electrons. The predicted molar refractivity (Wildman–Crippen MR) is 113 cm³/mol. The lowest BCUT2D eigenvalue weighted by Crippen LogP contribution is -2.47. The first-order valence-corrected chi connectivity index (χ1v) is 9.15. The van der Waals surface area contributed by atoms with Crippen LogP contribution in [0.4, 0.5) is 0 Å². The van der Waals surface area contributed by atoms with Gasteiger partial charge in [-0.2, -0.15) is 0 Å². The maximum absolute atomic E-state index is 12.6. The standard InChI is InChI=1S/C20H21N3O2.C2H5NO/c1-20(21,10-9-16-6-4-3-5-11-22-16)14-23-13-15-7-8-17(25-2)12-18(15)19(23)24;1-2(3)4/h4-8,11-12H,3,13-14,21H2,1-2H3;1H3,(H2,3,4)/t20-;/m1./s1. The van der Waals surface area contributed by atoms with Crippen LogP contribution >= 0.6 is 0 Å². The van der Waals surface area contributed by atoms with Gasteiger partial charge in [0.25, 0.3) is 5.91 Å². The smallest absolute Gasteiger partial charge is 0.254 e. The van der Waals surface area contributed by atoms with E-state index in [2.05, 4.69) is 22.6 Å². The molecule has 0 bridgehead atoms. The van der Waals surface area contributed by atoms with Crippen LogP contribution in [0.3, 0.4) is 0 Å². The second-order valence-electron chi connectivity index (χ2n) is 7.00. The van der Waals surface area contributed by atoms with Crippen LogP contribution in [-0.4, -0.2) is 41.6 Å². The molecule has 0 spiro atoms. The largest absolute Gasteiger partial charge is 0.497 e. The molecule has 0 unspecified atom stereocenters. The Hall–Kier alpha value is -3.37. The topological polar surface area (TPSA) is 111 Å². The summed E-state index contributed by atoms with van der Waals surface area (Å²) in [6, 6.07) is 5.55. The number of rotatable bonds is 3. The van der Waals surface area contributed by atoms with Gasteiger partial charge in [-0.05, 0) is 43.0 Å². The monoisotopic (exact) mass is 394 g/mol. The van der Waals surface area contributed by atoms with Gasteiger partial charge in [-0.15, -0.1) is 0 Å². The zero-order valence-electron chi connectivity index (χ0n) is 16.9. The molecule has 2 amide bonds. The Bertz CT molecular complexity index is 929. The molecule has 152 valence electrons. The van der Waals surface area contributed by atoms with Gasteiger partial charge < -0.3 is 21.1 Å². The number of nitrogens with zero attached hydrogens (tertiary/aromatic N) is 2. The van der Waals surface area contributed by atoms with Crippen molar-refractivity contribution >= 4 is 17.5 Å². The molecule has 3 rings (SSSR count). The van der Waals surface area contributed by atoms with Crippen LogP contribution in [0.15, 0.2) is 47.6 Å². The van der Waals surface area contributed by atoms with Crippen LogP contribution in [0.25, 0.3) is 0 Å². The van der Waals surface area contributed by atoms with E-state index in [9.17, 15) is 9.59 Å². The molecule has 0 aliphatic carbocycles. The maximum atomic E-state index is 12.6. The first-order chi connectivity index (χ1) is 13.7. The van der Waals surface area contributed by atoms with E-state index in [1.54, 1.807) is 24.3 Å². The number of nitrogens with two attached hydrogens (primary N) is 2. The summed E-state index contributed by atoms with van der Waals surface area (Å²) < 4.78 is 5.20. The van der Waals surface area contributed by atoms with E-state index >= 15 is 0 Å². The minimum atomic E-state index is -0.825. The van der Waals surface area contributed by atoms with E-state index in [0.717, 1.165) is 12.0 Å². The van der Waals surface area contributed by atoms with Crippen molar-refractivity contribution in [2.45, 2.75) is 32.4 Å². The third-order valence-corrected chi connectivity index (χ3v) is 4.06. The summed E-state index contributed by atoms with van der Waals surface area (Å²) in [6.45, 7) is 4.02. The fraction of sp³-hybridized carbons (Fsp3) is 0.318. The second-order valence-corrected chi connectivity index (χ2v) is 7.00. The number of primary amides is 1. The number of fused-ring (bicyclic) bond motifs is 1. The highest BCUT2D eigenvalue weighted by molar-refractivity contribution is 6.09. The van der Waals surface area contributed by atoms with E-state index in [0.29, 0.717) is 30.1 Å². The minimum absolute atomic E-state index is 0.0398. The number of carbonyl (C=O) groups excluding carboxylic acids is 2. The maximum Gasteiger partial charge on any atom is 0.254 e. The van der Waals surface area contributed by atoms with Gasteiger partial charge in [0.1, 0.15) is 11.5 Å². The highest BCUT2D eigenvalue weighted by atomic mass is 16.5. The average Bonchev–Trinajstić information content (AvgIpc) is 2.83. The van der Waals surface area contributed by atoms with Gasteiger partial charge in [-0.1, -0.05) is 24.1 Å². The van der Waals surface area contributed by atoms with Crippen molar-refractivity contribution in [1.29, 1.82) is 0 Å². The highest BCUT2D eigenvalue weighted by Crippen LogP contribution is 2.27. The molecule has 0 saturated carbocycles. The Balaban J connectivity index is 0.000000687. The average molecular weight is 394 g/mol. The summed E-state index contributed by atoms with van der Waals surface area (Å²) in [6.07, 6.45) is 8.43. The summed E-state index contributed by atoms with van der Waals surface area (Å²) in [7, 11) is 1.59. The van der Waals surface area contributed by atoms with Crippen LogP contribution in [0.1, 0.15) is 36.2 Å². The number of hydrogen-bond acceptors (Lipinski definition) is 5. The van der Waals surface area contributed by atoms with E-state index < -0.39 is 5.54 Å². The zero-order chi connectivity index (χ0) is 21.4. The van der Waals surface area contributed by atoms with Crippen LogP contribution in [0, 0.1) is 11.8 Å². The van der Waals surface area contributed by atoms with Gasteiger partial charge in [0.15, 0.2) is 0 Å². The number of aliphatic imine (C=N–C) groups is 1. The molecule has 0 aromatic heterocycles. The molecule has 7 nitrogen and oxygen atoms in total. The lowest BCUT2D eigenvalue weighted by molar-refractivity contribution is -0.115. The summed E-state index contributed by atoms with van der Waals surface area (Å²) in [5.74, 6) is 6.36. The molecule has 2 aliphatic rings. The van der Waals surface area contributed by atoms with Crippen molar-refractivity contribution in [3.8, 4) is 17.6 Å². The molecule has 0 saturated heterocycles. The second kappa shape index (κ2) is 9.71. The molecule has 7 heteroatoms. The molecule has 1 aromatic rings. The van der Waals surface area contributed by atoms with E-state index in [-0.39, 0.29) is 11.8 Å². The molecule has 2 aliphatic heterocycles. The summed E-state index contributed by atoms with van der Waals surface area (Å²) in [5.41, 5.74) is 12.3. The normalized spacial score (nSPS) is 16.3. The van der Waals surface area contributed by atoms with Gasteiger partial charge in [0.2, 0.25) is 5.91 Å². The molecule has 0 fully saturated rings. The minimum Gasteiger partial charge on any atom is -0.497 e. The molecule has 29 heavy (non-hydrogen) atoms. The van der Waals surface area contributed by atoms with Gasteiger partial charge in [0.05, 0.1) is 19.2 Å². The molecule has 4 N–H and O–H groups in total. The number of ether oxygens (including phenoxy) is 1. The lowest BCUT2D eigenvalue weighted by atomic mass is 10.0. The number of allylic oxidation sites excluding steroid dienone is 3. The van der Waals surface area contributed by atoms with E-state index in [1.807, 2.05) is 37.3 Å². The van der Waals surface area contributed by atoms with E-state index in [4.69, 9.17) is 10.5 Å². The lowest BCUT2D eigenvalue weighted by Gasteiger charge is -2.25. The Morgan fingerprint density at radius 1 is 1.38 bits per heavy atom. The first kappa shape index (κ1) is 21.9. The fourth-order valence-electron chi connectivity index (χ4n) is 2.81. The number of amides is 2. The third kappa shape index (κ3) is 6.63. The van der Waals surface area contributed by atoms with Gasteiger partial charge in [-0.3, -0.25) is 9.59 Å². The van der Waals surface area contributed by atoms with Crippen molar-refractivity contribution in [1.82, 2.24) is 4.90 Å². The molecule has 1 aromatic carbocycles. The number of hydrogen-bond donors (Lipinski definition) is 2. The van der Waals surface area contributed by atoms with Gasteiger partial charge in [0, 0.05) is 25.2 Å². The third-order valence-electron chi connectivity index (χ3n) is 4.06. The molecule has 1 atom stereocenters. The summed E-state index contributed by atoms with van der Waals surface area (Å²) in [5, 5.41) is 0. The van der Waals surface area contributed by atoms with Crippen molar-refractivity contribution < 1.29 is 14.3 Å². The SMILES string of the molecule is CC(N)=O.COc1ccc2c(c1)C(=O)N(C[C@](C)(N)C#CC1=NC=CCC=C1)C2. The summed E-state index contributed by atoms with van der Waals surface area (Å²) in [4.78, 5) is 27.8. The quantitative estimate of drug-likeness (QED) is 0.761. The zero-order valence-corrected chi connectivity index (χ0v) is 16.9. The first-order valence-electron chi connectivity index (χ1n) is 9.15. The fourth-order valence-corrected chi connectivity index (χ4v) is 2.81. The van der Waals surface area contributed by atoms with Crippen molar-refractivity contribution in [2.24, 2.45) is 16.5 Å². The van der Waals surface area contributed by atoms with Crippen LogP contribution in [0.2, 0.25) is 0 Å². The number of benzene rings is 1. The van der Waals surface area contributed by atoms with Crippen molar-refractivity contribution in [3.63, 3.8) is 0 Å². The molecular weight excluding hydrogens is 368 g/mol. The summed E-state index contributed by atoms with van der Waals surface area (Å²) >= 11 is 0. The van der Waals surface area contributed by atoms with Gasteiger partial charge >= 0.3 is 0 Å². The Kier molecular flexibility index (Phi) is 7.34. The van der Waals surface area contributed by atoms with E-state index in [1.165, 1.54) is 6.92 Å². The van der Waals surface area contributed by atoms with Crippen molar-refractivity contribution in [2.75, 3.05) is 13.7 Å². The molecule has 2 heterocycles. The van der Waals surface area contributed by atoms with Crippen LogP contribution < -0.4 is 16.2 Å². The number of methoxy groups -OCH3 is 1. The van der Waals surface area contributed by atoms with Crippen LogP contribution in [0.5, 0.6) is 5.75 Å². The van der Waals surface area contributed by atoms with Crippen molar-refractivity contribution in [3.05, 3.63) is 53.8 Å². The predicted octanol–water partition coefficient (Wildman–Crippen LogP) is 1.78. The number of carbonyl (C=O) groups is 2. The highest BCUT2D eigenvalue weighted by Gasteiger charge is 2.31.